The van der Waals surface area contributed by atoms with Crippen LogP contribution in [0.15, 0.2) is 18.2 Å². The van der Waals surface area contributed by atoms with Crippen molar-refractivity contribution in [3.8, 4) is 11.8 Å². The van der Waals surface area contributed by atoms with Crippen molar-refractivity contribution in [1.29, 1.82) is 0 Å². The largest absolute Gasteiger partial charge is 0.506 e. The van der Waals surface area contributed by atoms with Gasteiger partial charge in [-0.3, -0.25) is 0 Å². The molecule has 7 nitrogen and oxygen atoms in total. The molecule has 8 heteroatoms. The third-order valence-electron chi connectivity index (χ3n) is 7.24. The topological polar surface area (TPSA) is 65.0 Å². The molecule has 0 amide bonds. The highest BCUT2D eigenvalue weighted by molar-refractivity contribution is 5.61. The van der Waals surface area contributed by atoms with Crippen molar-refractivity contribution in [2.45, 2.75) is 71.5 Å². The van der Waals surface area contributed by atoms with E-state index in [-0.39, 0.29) is 11.4 Å². The number of likely N-dealkylation sites (N-methyl/N-ethyl adjacent to an activating group) is 1. The smallest absolute Gasteiger partial charge is 0.318 e. The van der Waals surface area contributed by atoms with Gasteiger partial charge in [-0.05, 0) is 64.8 Å². The van der Waals surface area contributed by atoms with Crippen LogP contribution in [0.25, 0.3) is 0 Å². The average Bonchev–Trinajstić information content (AvgIpc) is 3.24. The Hall–Kier alpha value is -2.61. The number of halogens is 1. The molecule has 4 rings (SSSR count). The van der Waals surface area contributed by atoms with Crippen LogP contribution in [0.1, 0.15) is 57.7 Å². The van der Waals surface area contributed by atoms with Crippen LogP contribution in [-0.4, -0.2) is 65.3 Å². The molecule has 2 aliphatic heterocycles. The Morgan fingerprint density at radius 2 is 2.09 bits per heavy atom. The maximum atomic E-state index is 14.6. The molecule has 34 heavy (non-hydrogen) atoms. The van der Waals surface area contributed by atoms with E-state index in [1.807, 2.05) is 4.90 Å². The SMILES string of the molecule is CCCN(c1nc(OC[C@@H]2CCCN2C)nc2c1CCN(c1c(O)cccc1F)C2)[C@@H](C)CC. The van der Waals surface area contributed by atoms with Crippen molar-refractivity contribution in [2.24, 2.45) is 0 Å². The van der Waals surface area contributed by atoms with E-state index in [0.29, 0.717) is 44.2 Å². The molecule has 0 radical (unpaired) electrons. The summed E-state index contributed by atoms with van der Waals surface area (Å²) in [4.78, 5) is 16.3. The van der Waals surface area contributed by atoms with Gasteiger partial charge in [-0.25, -0.2) is 4.39 Å². The summed E-state index contributed by atoms with van der Waals surface area (Å²) in [7, 11) is 2.13. The summed E-state index contributed by atoms with van der Waals surface area (Å²) in [6.45, 7) is 10.1. The van der Waals surface area contributed by atoms with Crippen molar-refractivity contribution < 1.29 is 14.2 Å². The van der Waals surface area contributed by atoms with E-state index in [1.54, 1.807) is 0 Å². The lowest BCUT2D eigenvalue weighted by Crippen LogP contribution is -2.38. The zero-order valence-electron chi connectivity index (χ0n) is 20.9. The maximum Gasteiger partial charge on any atom is 0.318 e. The van der Waals surface area contributed by atoms with Gasteiger partial charge >= 0.3 is 6.01 Å². The van der Waals surface area contributed by atoms with Gasteiger partial charge < -0.3 is 24.5 Å². The molecule has 186 valence electrons. The minimum absolute atomic E-state index is 0.0503. The minimum atomic E-state index is -0.425. The molecule has 1 aromatic carbocycles. The summed E-state index contributed by atoms with van der Waals surface area (Å²) >= 11 is 0. The molecule has 0 aliphatic carbocycles. The van der Waals surface area contributed by atoms with Crippen LogP contribution in [0.4, 0.5) is 15.9 Å². The molecule has 1 N–H and O–H groups in total. The maximum absolute atomic E-state index is 14.6. The highest BCUT2D eigenvalue weighted by atomic mass is 19.1. The van der Waals surface area contributed by atoms with Gasteiger partial charge in [0.2, 0.25) is 0 Å². The Morgan fingerprint density at radius 3 is 2.76 bits per heavy atom. The van der Waals surface area contributed by atoms with Gasteiger partial charge in [-0.2, -0.15) is 9.97 Å². The van der Waals surface area contributed by atoms with E-state index in [9.17, 15) is 9.50 Å². The number of hydrogen-bond acceptors (Lipinski definition) is 7. The first kappa shape index (κ1) is 24.5. The number of phenols is 1. The quantitative estimate of drug-likeness (QED) is 0.583. The number of fused-ring (bicyclic) bond motifs is 1. The Kier molecular flexibility index (Phi) is 7.76. The van der Waals surface area contributed by atoms with Crippen LogP contribution in [0, 0.1) is 5.82 Å². The number of para-hydroxylation sites is 1. The van der Waals surface area contributed by atoms with Crippen LogP contribution >= 0.6 is 0 Å². The van der Waals surface area contributed by atoms with E-state index >= 15 is 0 Å². The first-order valence-electron chi connectivity index (χ1n) is 12.6. The molecule has 1 fully saturated rings. The molecule has 1 aromatic heterocycles. The molecule has 0 bridgehead atoms. The van der Waals surface area contributed by atoms with Gasteiger partial charge in [-0.1, -0.05) is 19.9 Å². The van der Waals surface area contributed by atoms with E-state index in [1.165, 1.54) is 24.6 Å². The number of aromatic hydroxyl groups is 1. The number of anilines is 2. The second-order valence-corrected chi connectivity index (χ2v) is 9.57. The number of hydrogen-bond donors (Lipinski definition) is 1. The van der Waals surface area contributed by atoms with Crippen molar-refractivity contribution in [1.82, 2.24) is 14.9 Å². The predicted octanol–water partition coefficient (Wildman–Crippen LogP) is 4.37. The number of phenolic OH excluding ortho intramolecular Hbond substituents is 1. The summed E-state index contributed by atoms with van der Waals surface area (Å²) in [5, 5.41) is 10.3. The summed E-state index contributed by atoms with van der Waals surface area (Å²) in [5.74, 6) is 0.463. The first-order valence-corrected chi connectivity index (χ1v) is 12.6. The van der Waals surface area contributed by atoms with Crippen LogP contribution in [0.2, 0.25) is 0 Å². The standard InChI is InChI=1S/C26H38FN5O2/c1-5-13-32(18(3)6-2)25-20-12-15-31(24-21(27)10-7-11-23(24)33)16-22(20)28-26(29-25)34-17-19-9-8-14-30(19)4/h7,10-11,18-19,33H,5-6,8-9,12-17H2,1-4H3/t18-,19-/m0/s1. The zero-order valence-corrected chi connectivity index (χ0v) is 20.9. The third-order valence-corrected chi connectivity index (χ3v) is 7.24. The molecule has 2 atom stereocenters. The minimum Gasteiger partial charge on any atom is -0.506 e. The van der Waals surface area contributed by atoms with Crippen LogP contribution < -0.4 is 14.5 Å². The van der Waals surface area contributed by atoms with Crippen molar-refractivity contribution in [3.63, 3.8) is 0 Å². The fraction of sp³-hybridized carbons (Fsp3) is 0.615. The van der Waals surface area contributed by atoms with Gasteiger partial charge in [0.05, 0.1) is 12.2 Å². The zero-order chi connectivity index (χ0) is 24.2. The van der Waals surface area contributed by atoms with Crippen LogP contribution in [0.3, 0.4) is 0 Å². The number of rotatable bonds is 9. The molecule has 1 saturated heterocycles. The number of ether oxygens (including phenoxy) is 1. The van der Waals surface area contributed by atoms with Crippen molar-refractivity contribution >= 4 is 11.5 Å². The number of likely N-dealkylation sites (tertiary alicyclic amines) is 1. The highest BCUT2D eigenvalue weighted by Crippen LogP contribution is 2.36. The molecule has 0 saturated carbocycles. The van der Waals surface area contributed by atoms with Gasteiger partial charge in [0.25, 0.3) is 0 Å². The predicted molar refractivity (Wildman–Crippen MR) is 133 cm³/mol. The van der Waals surface area contributed by atoms with E-state index < -0.39 is 5.82 Å². The van der Waals surface area contributed by atoms with E-state index in [0.717, 1.165) is 49.4 Å². The van der Waals surface area contributed by atoms with Gasteiger partial charge in [-0.15, -0.1) is 0 Å². The molecule has 3 heterocycles. The molecule has 0 unspecified atom stereocenters. The fourth-order valence-corrected chi connectivity index (χ4v) is 5.06. The monoisotopic (exact) mass is 471 g/mol. The second-order valence-electron chi connectivity index (χ2n) is 9.57. The lowest BCUT2D eigenvalue weighted by Gasteiger charge is -2.36. The molecule has 2 aliphatic rings. The number of nitrogens with zero attached hydrogens (tertiary/aromatic N) is 5. The summed E-state index contributed by atoms with van der Waals surface area (Å²) in [6.07, 6.45) is 5.00. The number of benzene rings is 1. The Balaban J connectivity index is 1.69. The van der Waals surface area contributed by atoms with Gasteiger partial charge in [0.1, 0.15) is 29.7 Å². The van der Waals surface area contributed by atoms with Gasteiger partial charge in [0, 0.05) is 30.7 Å². The first-order chi connectivity index (χ1) is 16.4. The lowest BCUT2D eigenvalue weighted by atomic mass is 10.0. The molecular weight excluding hydrogens is 433 g/mol. The van der Waals surface area contributed by atoms with Crippen LogP contribution in [0.5, 0.6) is 11.8 Å². The number of aromatic nitrogens is 2. The Bertz CT molecular complexity index is 968. The average molecular weight is 472 g/mol. The summed E-state index contributed by atoms with van der Waals surface area (Å²) in [5.41, 5.74) is 2.18. The lowest BCUT2D eigenvalue weighted by molar-refractivity contribution is 0.187. The summed E-state index contributed by atoms with van der Waals surface area (Å²) < 4.78 is 20.8. The fourth-order valence-electron chi connectivity index (χ4n) is 5.06. The normalized spacial score (nSPS) is 19.2. The summed E-state index contributed by atoms with van der Waals surface area (Å²) in [6, 6.07) is 5.52. The Morgan fingerprint density at radius 1 is 1.26 bits per heavy atom. The third kappa shape index (κ3) is 5.06. The van der Waals surface area contributed by atoms with Crippen molar-refractivity contribution in [2.75, 3.05) is 43.1 Å². The molecular formula is C26H38FN5O2. The molecule has 0 spiro atoms. The Labute approximate surface area is 202 Å². The molecule has 2 aromatic rings. The second kappa shape index (κ2) is 10.8. The van der Waals surface area contributed by atoms with E-state index in [4.69, 9.17) is 14.7 Å². The van der Waals surface area contributed by atoms with Crippen molar-refractivity contribution in [3.05, 3.63) is 35.3 Å². The van der Waals surface area contributed by atoms with Crippen LogP contribution in [-0.2, 0) is 13.0 Å². The van der Waals surface area contributed by atoms with Gasteiger partial charge in [0.15, 0.2) is 0 Å². The highest BCUT2D eigenvalue weighted by Gasteiger charge is 2.29. The van der Waals surface area contributed by atoms with E-state index in [2.05, 4.69) is 37.6 Å².